The zero-order valence-corrected chi connectivity index (χ0v) is 14.8. The Morgan fingerprint density at radius 3 is 2.29 bits per heavy atom. The van der Waals surface area contributed by atoms with Crippen LogP contribution in [0.2, 0.25) is 0 Å². The standard InChI is InChI=1S/C17H34N4/c1-7-17(8-2)21-11-9-16(19-21)13-18-10-12-20(14(3)4)15(5)6/h9,11,14-15,17-18H,7-8,10,12-13H2,1-6H3. The largest absolute Gasteiger partial charge is 0.310 e. The van der Waals surface area contributed by atoms with E-state index < -0.39 is 0 Å². The van der Waals surface area contributed by atoms with Crippen LogP contribution in [0.4, 0.5) is 0 Å². The number of hydrogen-bond acceptors (Lipinski definition) is 3. The van der Waals surface area contributed by atoms with Gasteiger partial charge in [0.15, 0.2) is 0 Å². The summed E-state index contributed by atoms with van der Waals surface area (Å²) in [6.45, 7) is 16.4. The molecule has 0 saturated heterocycles. The lowest BCUT2D eigenvalue weighted by atomic mass is 10.2. The van der Waals surface area contributed by atoms with Gasteiger partial charge in [0, 0.05) is 37.9 Å². The van der Waals surface area contributed by atoms with Crippen molar-refractivity contribution in [2.24, 2.45) is 0 Å². The average Bonchev–Trinajstić information content (AvgIpc) is 2.87. The molecular weight excluding hydrogens is 260 g/mol. The van der Waals surface area contributed by atoms with E-state index in [4.69, 9.17) is 0 Å². The fourth-order valence-electron chi connectivity index (χ4n) is 2.88. The van der Waals surface area contributed by atoms with Crippen molar-refractivity contribution in [3.63, 3.8) is 0 Å². The van der Waals surface area contributed by atoms with E-state index in [1.54, 1.807) is 0 Å². The summed E-state index contributed by atoms with van der Waals surface area (Å²) in [6.07, 6.45) is 4.40. The molecule has 1 N–H and O–H groups in total. The molecule has 0 saturated carbocycles. The third kappa shape index (κ3) is 5.79. The Hall–Kier alpha value is -0.870. The van der Waals surface area contributed by atoms with Crippen molar-refractivity contribution >= 4 is 0 Å². The Kier molecular flexibility index (Phi) is 7.97. The highest BCUT2D eigenvalue weighted by Gasteiger charge is 2.12. The lowest BCUT2D eigenvalue weighted by molar-refractivity contribution is 0.175. The topological polar surface area (TPSA) is 33.1 Å². The summed E-state index contributed by atoms with van der Waals surface area (Å²) in [6, 6.07) is 3.87. The first-order chi connectivity index (χ1) is 9.99. The molecule has 4 nitrogen and oxygen atoms in total. The van der Waals surface area contributed by atoms with Crippen molar-refractivity contribution in [3.05, 3.63) is 18.0 Å². The van der Waals surface area contributed by atoms with E-state index in [9.17, 15) is 0 Å². The van der Waals surface area contributed by atoms with Gasteiger partial charge >= 0.3 is 0 Å². The molecule has 1 rings (SSSR count). The monoisotopic (exact) mass is 294 g/mol. The zero-order valence-electron chi connectivity index (χ0n) is 14.8. The Morgan fingerprint density at radius 2 is 1.76 bits per heavy atom. The summed E-state index contributed by atoms with van der Waals surface area (Å²) < 4.78 is 2.12. The van der Waals surface area contributed by atoms with Crippen LogP contribution in [0, 0.1) is 0 Å². The van der Waals surface area contributed by atoms with Gasteiger partial charge < -0.3 is 5.32 Å². The molecule has 0 aliphatic rings. The number of nitrogens with one attached hydrogen (secondary N) is 1. The molecule has 0 aromatic carbocycles. The fraction of sp³-hybridized carbons (Fsp3) is 0.824. The van der Waals surface area contributed by atoms with Gasteiger partial charge in [-0.3, -0.25) is 9.58 Å². The second kappa shape index (κ2) is 9.21. The Morgan fingerprint density at radius 1 is 1.14 bits per heavy atom. The number of nitrogens with zero attached hydrogens (tertiary/aromatic N) is 3. The molecule has 122 valence electrons. The van der Waals surface area contributed by atoms with Gasteiger partial charge in [-0.15, -0.1) is 0 Å². The molecule has 0 fully saturated rings. The third-order valence-electron chi connectivity index (χ3n) is 4.16. The first-order valence-electron chi connectivity index (χ1n) is 8.50. The normalized spacial score (nSPS) is 12.3. The minimum absolute atomic E-state index is 0.538. The quantitative estimate of drug-likeness (QED) is 0.671. The number of aromatic nitrogens is 2. The molecule has 1 aromatic heterocycles. The van der Waals surface area contributed by atoms with E-state index in [1.807, 2.05) is 0 Å². The van der Waals surface area contributed by atoms with Crippen LogP contribution in [-0.4, -0.2) is 39.9 Å². The minimum atomic E-state index is 0.538. The zero-order chi connectivity index (χ0) is 15.8. The molecule has 21 heavy (non-hydrogen) atoms. The molecule has 4 heteroatoms. The van der Waals surface area contributed by atoms with E-state index in [1.165, 1.54) is 0 Å². The van der Waals surface area contributed by atoms with E-state index in [0.717, 1.165) is 38.2 Å². The SMILES string of the molecule is CCC(CC)n1ccc(CNCCN(C(C)C)C(C)C)n1. The molecule has 1 aromatic rings. The number of rotatable bonds is 10. The molecule has 0 aliphatic carbocycles. The van der Waals surface area contributed by atoms with Crippen molar-refractivity contribution in [2.45, 2.75) is 79.1 Å². The summed E-state index contributed by atoms with van der Waals surface area (Å²) in [5.74, 6) is 0. The summed E-state index contributed by atoms with van der Waals surface area (Å²) >= 11 is 0. The maximum Gasteiger partial charge on any atom is 0.0762 e. The van der Waals surface area contributed by atoms with Gasteiger partial charge in [-0.25, -0.2) is 0 Å². The third-order valence-corrected chi connectivity index (χ3v) is 4.16. The fourth-order valence-corrected chi connectivity index (χ4v) is 2.88. The van der Waals surface area contributed by atoms with Crippen molar-refractivity contribution in [1.82, 2.24) is 20.0 Å². The van der Waals surface area contributed by atoms with Crippen LogP contribution in [0.1, 0.15) is 66.1 Å². The summed E-state index contributed by atoms with van der Waals surface area (Å²) in [7, 11) is 0. The van der Waals surface area contributed by atoms with Gasteiger partial charge in [-0.2, -0.15) is 5.10 Å². The molecule has 0 unspecified atom stereocenters. The minimum Gasteiger partial charge on any atom is -0.310 e. The smallest absolute Gasteiger partial charge is 0.0762 e. The van der Waals surface area contributed by atoms with E-state index in [-0.39, 0.29) is 0 Å². The van der Waals surface area contributed by atoms with Crippen LogP contribution in [0.5, 0.6) is 0 Å². The second-order valence-corrected chi connectivity index (χ2v) is 6.36. The molecule has 0 atom stereocenters. The maximum atomic E-state index is 4.68. The summed E-state index contributed by atoms with van der Waals surface area (Å²) in [5.41, 5.74) is 1.14. The van der Waals surface area contributed by atoms with Crippen molar-refractivity contribution < 1.29 is 0 Å². The highest BCUT2D eigenvalue weighted by Crippen LogP contribution is 2.14. The van der Waals surface area contributed by atoms with Gasteiger partial charge in [0.2, 0.25) is 0 Å². The van der Waals surface area contributed by atoms with Gasteiger partial charge in [-0.05, 0) is 46.6 Å². The molecule has 0 amide bonds. The highest BCUT2D eigenvalue weighted by molar-refractivity contribution is 4.99. The van der Waals surface area contributed by atoms with Crippen molar-refractivity contribution in [3.8, 4) is 0 Å². The molecular formula is C17H34N4. The second-order valence-electron chi connectivity index (χ2n) is 6.36. The van der Waals surface area contributed by atoms with Gasteiger partial charge in [0.05, 0.1) is 11.7 Å². The average molecular weight is 294 g/mol. The number of hydrogen-bond donors (Lipinski definition) is 1. The molecule has 0 radical (unpaired) electrons. The van der Waals surface area contributed by atoms with Crippen LogP contribution >= 0.6 is 0 Å². The van der Waals surface area contributed by atoms with Crippen LogP contribution in [0.25, 0.3) is 0 Å². The lowest BCUT2D eigenvalue weighted by Crippen LogP contribution is -2.41. The predicted octanol–water partition coefficient (Wildman–Crippen LogP) is 3.45. The maximum absolute atomic E-state index is 4.68. The Labute approximate surface area is 130 Å². The van der Waals surface area contributed by atoms with Gasteiger partial charge in [0.1, 0.15) is 0 Å². The van der Waals surface area contributed by atoms with Crippen LogP contribution in [0.15, 0.2) is 12.3 Å². The van der Waals surface area contributed by atoms with E-state index in [2.05, 4.69) is 73.8 Å². The molecule has 0 bridgehead atoms. The van der Waals surface area contributed by atoms with Gasteiger partial charge in [0.25, 0.3) is 0 Å². The highest BCUT2D eigenvalue weighted by atomic mass is 15.3. The van der Waals surface area contributed by atoms with Crippen LogP contribution < -0.4 is 5.32 Å². The molecule has 1 heterocycles. The lowest BCUT2D eigenvalue weighted by Gasteiger charge is -2.30. The summed E-state index contributed by atoms with van der Waals surface area (Å²) in [5, 5.41) is 8.19. The van der Waals surface area contributed by atoms with Crippen molar-refractivity contribution in [2.75, 3.05) is 13.1 Å². The van der Waals surface area contributed by atoms with Gasteiger partial charge in [-0.1, -0.05) is 13.8 Å². The first-order valence-corrected chi connectivity index (χ1v) is 8.50. The van der Waals surface area contributed by atoms with Crippen LogP contribution in [0.3, 0.4) is 0 Å². The van der Waals surface area contributed by atoms with Crippen molar-refractivity contribution in [1.29, 1.82) is 0 Å². The Bertz CT molecular complexity index is 372. The van der Waals surface area contributed by atoms with E-state index in [0.29, 0.717) is 18.1 Å². The Balaban J connectivity index is 2.36. The molecule has 0 spiro atoms. The van der Waals surface area contributed by atoms with Crippen LogP contribution in [-0.2, 0) is 6.54 Å². The first kappa shape index (κ1) is 18.2. The molecule has 0 aliphatic heterocycles. The summed E-state index contributed by atoms with van der Waals surface area (Å²) in [4.78, 5) is 2.51. The predicted molar refractivity (Wildman–Crippen MR) is 90.5 cm³/mol. The van der Waals surface area contributed by atoms with E-state index >= 15 is 0 Å².